The summed E-state index contributed by atoms with van der Waals surface area (Å²) in [6.07, 6.45) is 9.23. The fourth-order valence-corrected chi connectivity index (χ4v) is 5.28. The lowest BCUT2D eigenvalue weighted by Crippen LogP contribution is -2.31. The van der Waals surface area contributed by atoms with Gasteiger partial charge in [0.05, 0.1) is 0 Å². The van der Waals surface area contributed by atoms with Gasteiger partial charge in [0.25, 0.3) is 11.8 Å². The van der Waals surface area contributed by atoms with Crippen molar-refractivity contribution in [3.8, 4) is 11.1 Å². The van der Waals surface area contributed by atoms with E-state index in [0.717, 1.165) is 51.4 Å². The smallest absolute Gasteiger partial charge is 0.407 e. The third-order valence-corrected chi connectivity index (χ3v) is 7.37. The first-order chi connectivity index (χ1) is 19.0. The van der Waals surface area contributed by atoms with E-state index in [9.17, 15) is 19.2 Å². The summed E-state index contributed by atoms with van der Waals surface area (Å²) in [4.78, 5) is 51.8. The molecule has 2 aromatic carbocycles. The van der Waals surface area contributed by atoms with E-state index < -0.39 is 17.8 Å². The van der Waals surface area contributed by atoms with Crippen molar-refractivity contribution in [1.29, 1.82) is 0 Å². The number of rotatable bonds is 15. The van der Waals surface area contributed by atoms with Gasteiger partial charge in [-0.05, 0) is 35.1 Å². The molecule has 39 heavy (non-hydrogen) atoms. The molecule has 0 bridgehead atoms. The van der Waals surface area contributed by atoms with Crippen molar-refractivity contribution in [3.05, 3.63) is 59.7 Å². The first kappa shape index (κ1) is 28.3. The Hall–Kier alpha value is -3.68. The van der Waals surface area contributed by atoms with Gasteiger partial charge >= 0.3 is 12.1 Å². The van der Waals surface area contributed by atoms with Crippen molar-refractivity contribution in [1.82, 2.24) is 10.4 Å². The molecule has 2 aromatic rings. The first-order valence-corrected chi connectivity index (χ1v) is 14.2. The van der Waals surface area contributed by atoms with Crippen LogP contribution in [0.1, 0.15) is 94.1 Å². The number of ether oxygens (including phenoxy) is 1. The predicted molar refractivity (Wildman–Crippen MR) is 146 cm³/mol. The van der Waals surface area contributed by atoms with E-state index in [2.05, 4.69) is 29.6 Å². The first-order valence-electron chi connectivity index (χ1n) is 14.2. The average molecular weight is 535 g/mol. The number of imide groups is 1. The lowest BCUT2D eigenvalue weighted by molar-refractivity contribution is -0.197. The normalized spacial score (nSPS) is 14.3. The number of fused-ring (bicyclic) bond motifs is 3. The van der Waals surface area contributed by atoms with E-state index in [1.54, 1.807) is 0 Å². The van der Waals surface area contributed by atoms with Crippen molar-refractivity contribution in [2.75, 3.05) is 13.2 Å². The molecule has 4 rings (SSSR count). The molecule has 8 heteroatoms. The highest BCUT2D eigenvalue weighted by Gasteiger charge is 2.32. The van der Waals surface area contributed by atoms with Crippen LogP contribution in [0.3, 0.4) is 0 Å². The fraction of sp³-hybridized carbons (Fsp3) is 0.484. The highest BCUT2D eigenvalue weighted by atomic mass is 16.7. The summed E-state index contributed by atoms with van der Waals surface area (Å²) in [5.74, 6) is -1.34. The number of hydroxylamine groups is 2. The van der Waals surface area contributed by atoms with Crippen LogP contribution in [0.5, 0.6) is 0 Å². The van der Waals surface area contributed by atoms with E-state index in [1.807, 2.05) is 24.3 Å². The molecule has 208 valence electrons. The largest absolute Gasteiger partial charge is 0.449 e. The van der Waals surface area contributed by atoms with Crippen molar-refractivity contribution >= 4 is 23.9 Å². The fourth-order valence-electron chi connectivity index (χ4n) is 5.28. The SMILES string of the molecule is O=C(CCCCCCCCCCCNC(=O)OCC1c2ccccc2-c2ccccc21)ON1C(=O)CCC1=O. The Morgan fingerprint density at radius 1 is 0.744 bits per heavy atom. The molecule has 1 aliphatic heterocycles. The third-order valence-electron chi connectivity index (χ3n) is 7.37. The van der Waals surface area contributed by atoms with Gasteiger partial charge in [-0.15, -0.1) is 5.06 Å². The molecule has 0 spiro atoms. The number of nitrogens with one attached hydrogen (secondary N) is 1. The summed E-state index contributed by atoms with van der Waals surface area (Å²) in [5.41, 5.74) is 4.86. The summed E-state index contributed by atoms with van der Waals surface area (Å²) in [6.45, 7) is 0.945. The van der Waals surface area contributed by atoms with E-state index in [0.29, 0.717) is 24.6 Å². The average Bonchev–Trinajstić information content (AvgIpc) is 3.44. The molecule has 3 amide bonds. The second-order valence-corrected chi connectivity index (χ2v) is 10.2. The Labute approximate surface area is 230 Å². The van der Waals surface area contributed by atoms with Crippen LogP contribution in [0.2, 0.25) is 0 Å². The Kier molecular flexibility index (Phi) is 10.5. The number of carbonyl (C=O) groups excluding carboxylic acids is 4. The van der Waals surface area contributed by atoms with Crippen LogP contribution in [0.4, 0.5) is 4.79 Å². The maximum Gasteiger partial charge on any atom is 0.407 e. The second-order valence-electron chi connectivity index (χ2n) is 10.2. The molecule has 0 radical (unpaired) electrons. The van der Waals surface area contributed by atoms with Crippen molar-refractivity contribution in [2.45, 2.75) is 83.0 Å². The molecule has 2 aliphatic rings. The Bertz CT molecular complexity index is 1100. The zero-order valence-electron chi connectivity index (χ0n) is 22.5. The maximum absolute atomic E-state index is 12.2. The minimum atomic E-state index is -0.523. The summed E-state index contributed by atoms with van der Waals surface area (Å²) < 4.78 is 5.58. The van der Waals surface area contributed by atoms with Gasteiger partial charge in [-0.1, -0.05) is 93.5 Å². The van der Waals surface area contributed by atoms with Gasteiger partial charge in [0, 0.05) is 31.7 Å². The monoisotopic (exact) mass is 534 g/mol. The van der Waals surface area contributed by atoms with E-state index >= 15 is 0 Å². The number of hydrogen-bond acceptors (Lipinski definition) is 6. The molecule has 0 atom stereocenters. The van der Waals surface area contributed by atoms with Crippen LogP contribution in [-0.4, -0.2) is 42.1 Å². The number of hydrogen-bond donors (Lipinski definition) is 1. The molecule has 0 unspecified atom stereocenters. The minimum Gasteiger partial charge on any atom is -0.449 e. The number of carbonyl (C=O) groups is 4. The molecule has 0 aromatic heterocycles. The van der Waals surface area contributed by atoms with E-state index in [-0.39, 0.29) is 31.3 Å². The number of unbranched alkanes of at least 4 members (excludes halogenated alkanes) is 8. The minimum absolute atomic E-state index is 0.0724. The van der Waals surface area contributed by atoms with Crippen LogP contribution in [0.25, 0.3) is 11.1 Å². The van der Waals surface area contributed by atoms with Crippen LogP contribution in [-0.2, 0) is 24.0 Å². The lowest BCUT2D eigenvalue weighted by Gasteiger charge is -2.14. The van der Waals surface area contributed by atoms with Crippen molar-refractivity contribution < 1.29 is 28.8 Å². The van der Waals surface area contributed by atoms with Gasteiger partial charge in [0.15, 0.2) is 0 Å². The summed E-state index contributed by atoms with van der Waals surface area (Å²) >= 11 is 0. The predicted octanol–water partition coefficient (Wildman–Crippen LogP) is 6.03. The topological polar surface area (TPSA) is 102 Å². The van der Waals surface area contributed by atoms with Crippen molar-refractivity contribution in [2.24, 2.45) is 0 Å². The number of alkyl carbamates (subject to hydrolysis) is 1. The molecule has 1 fully saturated rings. The molecule has 8 nitrogen and oxygen atoms in total. The van der Waals surface area contributed by atoms with Crippen LogP contribution < -0.4 is 5.32 Å². The van der Waals surface area contributed by atoms with Crippen LogP contribution in [0.15, 0.2) is 48.5 Å². The van der Waals surface area contributed by atoms with Gasteiger partial charge in [-0.2, -0.15) is 0 Å². The van der Waals surface area contributed by atoms with Crippen LogP contribution in [0, 0.1) is 0 Å². The van der Waals surface area contributed by atoms with Gasteiger partial charge in [0.2, 0.25) is 0 Å². The maximum atomic E-state index is 12.2. The summed E-state index contributed by atoms with van der Waals surface area (Å²) in [5, 5.41) is 3.48. The van der Waals surface area contributed by atoms with Crippen molar-refractivity contribution in [3.63, 3.8) is 0 Å². The quantitative estimate of drug-likeness (QED) is 0.221. The summed E-state index contributed by atoms with van der Waals surface area (Å²) in [6, 6.07) is 16.6. The Morgan fingerprint density at radius 2 is 1.26 bits per heavy atom. The zero-order valence-corrected chi connectivity index (χ0v) is 22.5. The van der Waals surface area contributed by atoms with Gasteiger partial charge in [0.1, 0.15) is 6.61 Å². The lowest BCUT2D eigenvalue weighted by atomic mass is 9.98. The molecule has 1 N–H and O–H groups in total. The third kappa shape index (κ3) is 7.91. The second kappa shape index (κ2) is 14.5. The van der Waals surface area contributed by atoms with E-state index in [1.165, 1.54) is 22.3 Å². The van der Waals surface area contributed by atoms with E-state index in [4.69, 9.17) is 9.57 Å². The molecular formula is C31H38N2O6. The summed E-state index contributed by atoms with van der Waals surface area (Å²) in [7, 11) is 0. The number of amides is 3. The molecule has 1 heterocycles. The highest BCUT2D eigenvalue weighted by Crippen LogP contribution is 2.44. The molecule has 1 aliphatic carbocycles. The molecule has 1 saturated heterocycles. The van der Waals surface area contributed by atoms with Gasteiger partial charge in [-0.3, -0.25) is 9.59 Å². The van der Waals surface area contributed by atoms with Gasteiger partial charge < -0.3 is 14.9 Å². The standard InChI is InChI=1S/C31H38N2O6/c34-28-19-20-29(35)33(28)39-30(36)18-8-6-4-2-1-3-5-7-13-21-32-31(37)38-22-27-25-16-11-9-14-23(25)24-15-10-12-17-26(24)27/h9-12,14-17,27H,1-8,13,18-22H2,(H,32,37). The zero-order chi connectivity index (χ0) is 27.5. The Balaban J connectivity index is 0.974. The molecule has 0 saturated carbocycles. The number of benzene rings is 2. The Morgan fingerprint density at radius 3 is 1.85 bits per heavy atom. The highest BCUT2D eigenvalue weighted by molar-refractivity contribution is 6.01. The molecular weight excluding hydrogens is 496 g/mol. The van der Waals surface area contributed by atoms with Crippen LogP contribution >= 0.6 is 0 Å². The van der Waals surface area contributed by atoms with Gasteiger partial charge in [-0.25, -0.2) is 9.59 Å². The number of nitrogens with zero attached hydrogens (tertiary/aromatic N) is 1.